The molecule has 0 aliphatic carbocycles. The molecule has 0 saturated carbocycles. The van der Waals surface area contributed by atoms with Crippen LogP contribution in [0.5, 0.6) is 11.5 Å². The van der Waals surface area contributed by atoms with Crippen molar-refractivity contribution in [2.75, 3.05) is 26.6 Å². The Kier molecular flexibility index (Phi) is 8.31. The summed E-state index contributed by atoms with van der Waals surface area (Å²) in [6.45, 7) is 14.4. The highest BCUT2D eigenvalue weighted by Gasteiger charge is 2.36. The third-order valence-corrected chi connectivity index (χ3v) is 9.83. The largest absolute Gasteiger partial charge is 0.466 e. The number of fused-ring (bicyclic) bond motifs is 1. The van der Waals surface area contributed by atoms with Gasteiger partial charge in [-0.3, -0.25) is 4.79 Å². The zero-order chi connectivity index (χ0) is 21.5. The summed E-state index contributed by atoms with van der Waals surface area (Å²) < 4.78 is 28.0. The van der Waals surface area contributed by atoms with Crippen molar-refractivity contribution in [3.8, 4) is 11.5 Å². The number of carbonyl (C=O) groups excluding carboxylic acids is 1. The molecule has 0 N–H and O–H groups in total. The van der Waals surface area contributed by atoms with Crippen molar-refractivity contribution < 1.29 is 28.2 Å². The van der Waals surface area contributed by atoms with Crippen molar-refractivity contribution in [3.05, 3.63) is 35.9 Å². The molecule has 1 aromatic rings. The molecule has 0 spiro atoms. The Morgan fingerprint density at radius 2 is 1.86 bits per heavy atom. The van der Waals surface area contributed by atoms with Gasteiger partial charge in [0, 0.05) is 0 Å². The summed E-state index contributed by atoms with van der Waals surface area (Å²) in [6, 6.07) is 5.58. The Balaban J connectivity index is 1.93. The van der Waals surface area contributed by atoms with Crippen LogP contribution in [0, 0.1) is 0 Å². The van der Waals surface area contributed by atoms with Crippen molar-refractivity contribution in [1.29, 1.82) is 0 Å². The first-order valence-electron chi connectivity index (χ1n) is 10.1. The lowest BCUT2D eigenvalue weighted by Crippen LogP contribution is -2.40. The third-order valence-electron chi connectivity index (χ3n) is 5.33. The van der Waals surface area contributed by atoms with Crippen molar-refractivity contribution in [2.24, 2.45) is 0 Å². The van der Waals surface area contributed by atoms with E-state index in [9.17, 15) is 4.79 Å². The average Bonchev–Trinajstić information content (AvgIpc) is 3.10. The van der Waals surface area contributed by atoms with E-state index in [1.54, 1.807) is 6.92 Å². The molecule has 0 saturated heterocycles. The lowest BCUT2D eigenvalue weighted by atomic mass is 10.1. The van der Waals surface area contributed by atoms with Crippen LogP contribution in [0.1, 0.15) is 45.8 Å². The van der Waals surface area contributed by atoms with Gasteiger partial charge in [0.2, 0.25) is 6.79 Å². The highest BCUT2D eigenvalue weighted by Crippen LogP contribution is 2.37. The Bertz CT molecular complexity index is 708. The molecule has 0 amide bonds. The smallest absolute Gasteiger partial charge is 0.308 e. The quantitative estimate of drug-likeness (QED) is 0.300. The predicted molar refractivity (Wildman–Crippen MR) is 115 cm³/mol. The molecule has 1 aliphatic rings. The van der Waals surface area contributed by atoms with Gasteiger partial charge in [0.25, 0.3) is 0 Å². The summed E-state index contributed by atoms with van der Waals surface area (Å²) in [6.07, 6.45) is 3.62. The second-order valence-electron chi connectivity index (χ2n) is 8.49. The predicted octanol–water partition coefficient (Wildman–Crippen LogP) is 5.00. The first kappa shape index (κ1) is 23.4. The molecule has 1 heterocycles. The van der Waals surface area contributed by atoms with Gasteiger partial charge >= 0.3 is 5.97 Å². The fourth-order valence-electron chi connectivity index (χ4n) is 2.54. The zero-order valence-corrected chi connectivity index (χ0v) is 19.4. The van der Waals surface area contributed by atoms with E-state index in [0.29, 0.717) is 31.3 Å². The summed E-state index contributed by atoms with van der Waals surface area (Å²) in [4.78, 5) is 12.0. The van der Waals surface area contributed by atoms with Gasteiger partial charge in [-0.2, -0.15) is 0 Å². The van der Waals surface area contributed by atoms with Gasteiger partial charge in [0.15, 0.2) is 19.8 Å². The minimum atomic E-state index is -1.76. The van der Waals surface area contributed by atoms with Crippen LogP contribution >= 0.6 is 0 Å². The molecule has 1 aromatic carbocycles. The minimum absolute atomic E-state index is 0.141. The van der Waals surface area contributed by atoms with E-state index in [1.165, 1.54) is 0 Å². The molecule has 6 nitrogen and oxygen atoms in total. The average molecular weight is 423 g/mol. The van der Waals surface area contributed by atoms with Crippen LogP contribution < -0.4 is 9.47 Å². The Morgan fingerprint density at radius 3 is 2.55 bits per heavy atom. The van der Waals surface area contributed by atoms with Gasteiger partial charge < -0.3 is 23.4 Å². The van der Waals surface area contributed by atoms with Crippen LogP contribution in [0.4, 0.5) is 0 Å². The standard InChI is InChI=1S/C22H34O6Si/c1-7-24-21(23)15-19(17-10-11-18-20(14-17)27-16-26-18)25-12-8-9-13-28-29(5,6)22(2,3)4/h8-11,14,19H,7,12-13,15-16H2,1-6H3/b9-8-. The summed E-state index contributed by atoms with van der Waals surface area (Å²) in [7, 11) is -1.76. The molecular weight excluding hydrogens is 388 g/mol. The molecule has 1 atom stereocenters. The molecule has 0 bridgehead atoms. The van der Waals surface area contributed by atoms with Crippen molar-refractivity contribution >= 4 is 14.3 Å². The van der Waals surface area contributed by atoms with E-state index in [0.717, 1.165) is 5.56 Å². The summed E-state index contributed by atoms with van der Waals surface area (Å²) in [5.74, 6) is 1.07. The van der Waals surface area contributed by atoms with E-state index >= 15 is 0 Å². The maximum Gasteiger partial charge on any atom is 0.308 e. The maximum absolute atomic E-state index is 12.0. The molecule has 1 unspecified atom stereocenters. The Hall–Kier alpha value is -1.83. The maximum atomic E-state index is 12.0. The van der Waals surface area contributed by atoms with E-state index in [1.807, 2.05) is 30.4 Å². The third kappa shape index (κ3) is 6.87. The molecule has 0 radical (unpaired) electrons. The van der Waals surface area contributed by atoms with Gasteiger partial charge in [-0.15, -0.1) is 0 Å². The fraction of sp³-hybridized carbons (Fsp3) is 0.591. The number of benzene rings is 1. The van der Waals surface area contributed by atoms with E-state index in [-0.39, 0.29) is 24.2 Å². The van der Waals surface area contributed by atoms with Gasteiger partial charge in [0.05, 0.1) is 32.3 Å². The summed E-state index contributed by atoms with van der Waals surface area (Å²) in [5.41, 5.74) is 0.855. The van der Waals surface area contributed by atoms with Crippen LogP contribution in [0.15, 0.2) is 30.4 Å². The highest BCUT2D eigenvalue weighted by molar-refractivity contribution is 6.74. The molecule has 1 aliphatic heterocycles. The SMILES string of the molecule is CCOC(=O)CC(OC/C=C\CO[Si](C)(C)C(C)(C)C)c1ccc2c(c1)OCO2. The van der Waals surface area contributed by atoms with E-state index in [2.05, 4.69) is 33.9 Å². The van der Waals surface area contributed by atoms with Crippen molar-refractivity contribution in [3.63, 3.8) is 0 Å². The number of esters is 1. The molecule has 0 fully saturated rings. The Morgan fingerprint density at radius 1 is 1.17 bits per heavy atom. The first-order valence-corrected chi connectivity index (χ1v) is 13.0. The highest BCUT2D eigenvalue weighted by atomic mass is 28.4. The second-order valence-corrected chi connectivity index (χ2v) is 13.3. The number of hydrogen-bond acceptors (Lipinski definition) is 6. The van der Waals surface area contributed by atoms with Crippen LogP contribution in [-0.2, 0) is 18.7 Å². The van der Waals surface area contributed by atoms with E-state index in [4.69, 9.17) is 23.4 Å². The second kappa shape index (κ2) is 10.3. The molecule has 7 heteroatoms. The van der Waals surface area contributed by atoms with Gasteiger partial charge in [-0.25, -0.2) is 0 Å². The van der Waals surface area contributed by atoms with E-state index < -0.39 is 14.4 Å². The van der Waals surface area contributed by atoms with Gasteiger partial charge in [0.1, 0.15) is 0 Å². The number of ether oxygens (including phenoxy) is 4. The zero-order valence-electron chi connectivity index (χ0n) is 18.4. The Labute approximate surface area is 175 Å². The van der Waals surface area contributed by atoms with Crippen LogP contribution in [0.25, 0.3) is 0 Å². The monoisotopic (exact) mass is 422 g/mol. The normalized spacial score (nSPS) is 15.0. The number of hydrogen-bond donors (Lipinski definition) is 0. The lowest BCUT2D eigenvalue weighted by Gasteiger charge is -2.35. The molecule has 29 heavy (non-hydrogen) atoms. The van der Waals surface area contributed by atoms with Crippen molar-refractivity contribution in [2.45, 2.75) is 58.4 Å². The fourth-order valence-corrected chi connectivity index (χ4v) is 3.48. The molecule has 0 aromatic heterocycles. The van der Waals surface area contributed by atoms with Gasteiger partial charge in [-0.1, -0.05) is 39.0 Å². The summed E-state index contributed by atoms with van der Waals surface area (Å²) in [5, 5.41) is 0.182. The lowest BCUT2D eigenvalue weighted by molar-refractivity contribution is -0.146. The van der Waals surface area contributed by atoms with Crippen LogP contribution in [0.2, 0.25) is 18.1 Å². The molecular formula is C22H34O6Si. The van der Waals surface area contributed by atoms with Gasteiger partial charge in [-0.05, 0) is 42.8 Å². The first-order chi connectivity index (χ1) is 13.6. The minimum Gasteiger partial charge on any atom is -0.466 e. The number of carbonyl (C=O) groups is 1. The summed E-state index contributed by atoms with van der Waals surface area (Å²) >= 11 is 0. The van der Waals surface area contributed by atoms with Crippen LogP contribution in [-0.4, -0.2) is 40.9 Å². The molecule has 2 rings (SSSR count). The van der Waals surface area contributed by atoms with Crippen molar-refractivity contribution in [1.82, 2.24) is 0 Å². The number of rotatable bonds is 10. The van der Waals surface area contributed by atoms with Crippen LogP contribution in [0.3, 0.4) is 0 Å². The topological polar surface area (TPSA) is 63.2 Å². The molecule has 162 valence electrons.